The topological polar surface area (TPSA) is 62.4 Å². The van der Waals surface area contributed by atoms with Gasteiger partial charge in [0.15, 0.2) is 0 Å². The molecule has 1 N–H and O–H groups in total. The maximum Gasteiger partial charge on any atom is 0.337 e. The average molecular weight is 441 g/mol. The minimum absolute atomic E-state index is 0.153. The molecule has 28 heavy (non-hydrogen) atoms. The predicted octanol–water partition coefficient (Wildman–Crippen LogP) is 4.23. The molecular weight excluding hydrogens is 420 g/mol. The van der Waals surface area contributed by atoms with Crippen LogP contribution in [0.1, 0.15) is 33.6 Å². The summed E-state index contributed by atoms with van der Waals surface area (Å²) in [5, 5.41) is 0.987. The van der Waals surface area contributed by atoms with Gasteiger partial charge >= 0.3 is 5.97 Å². The highest BCUT2D eigenvalue weighted by Crippen LogP contribution is 2.29. The Morgan fingerprint density at radius 2 is 2.04 bits per heavy atom. The van der Waals surface area contributed by atoms with Crippen molar-refractivity contribution in [1.29, 1.82) is 0 Å². The number of halogens is 1. The van der Waals surface area contributed by atoms with Crippen molar-refractivity contribution in [3.63, 3.8) is 0 Å². The number of H-pyrrole nitrogens is 1. The smallest absolute Gasteiger partial charge is 0.337 e. The Bertz CT molecular complexity index is 1060. The number of carbonyl (C=O) groups excluding carboxylic acids is 2. The van der Waals surface area contributed by atoms with Crippen molar-refractivity contribution in [1.82, 2.24) is 9.88 Å². The Hall–Kier alpha value is -2.60. The van der Waals surface area contributed by atoms with E-state index in [4.69, 9.17) is 4.74 Å². The first-order chi connectivity index (χ1) is 13.6. The van der Waals surface area contributed by atoms with Crippen LogP contribution in [-0.4, -0.2) is 35.4 Å². The average Bonchev–Trinajstić information content (AvgIpc) is 3.09. The Morgan fingerprint density at radius 3 is 2.82 bits per heavy atom. The van der Waals surface area contributed by atoms with Gasteiger partial charge in [-0.25, -0.2) is 4.79 Å². The maximum atomic E-state index is 12.8. The molecule has 0 aliphatic carbocycles. The predicted molar refractivity (Wildman–Crippen MR) is 111 cm³/mol. The number of ether oxygens (including phenoxy) is 1. The van der Waals surface area contributed by atoms with Gasteiger partial charge in [0, 0.05) is 52.6 Å². The van der Waals surface area contributed by atoms with Gasteiger partial charge in [-0.1, -0.05) is 34.1 Å². The molecule has 0 radical (unpaired) electrons. The molecule has 1 aliphatic heterocycles. The third kappa shape index (κ3) is 3.56. The summed E-state index contributed by atoms with van der Waals surface area (Å²) in [5.41, 5.74) is 4.89. The molecule has 4 rings (SSSR count). The normalized spacial score (nSPS) is 13.4. The van der Waals surface area contributed by atoms with Crippen LogP contribution in [0.25, 0.3) is 10.9 Å². The van der Waals surface area contributed by atoms with Gasteiger partial charge in [-0.2, -0.15) is 0 Å². The van der Waals surface area contributed by atoms with Crippen molar-refractivity contribution in [2.45, 2.75) is 25.8 Å². The monoisotopic (exact) mass is 440 g/mol. The Labute approximate surface area is 171 Å². The van der Waals surface area contributed by atoms with Gasteiger partial charge in [-0.3, -0.25) is 4.79 Å². The second kappa shape index (κ2) is 7.80. The number of nitrogens with zero attached hydrogens (tertiary/aromatic N) is 1. The van der Waals surface area contributed by atoms with E-state index in [0.29, 0.717) is 31.5 Å². The summed E-state index contributed by atoms with van der Waals surface area (Å²) in [6, 6.07) is 13.5. The molecule has 2 heterocycles. The third-order valence-corrected chi connectivity index (χ3v) is 6.09. The summed E-state index contributed by atoms with van der Waals surface area (Å²) >= 11 is 3.54. The first kappa shape index (κ1) is 18.7. The van der Waals surface area contributed by atoms with E-state index < -0.39 is 0 Å². The lowest BCUT2D eigenvalue weighted by Crippen LogP contribution is -2.35. The summed E-state index contributed by atoms with van der Waals surface area (Å²) in [7, 11) is 1.38. The van der Waals surface area contributed by atoms with Gasteiger partial charge in [-0.15, -0.1) is 0 Å². The standard InChI is InChI=1S/C22H21BrN2O3/c1-28-22(27)15-6-8-19-16(12-15)17-13-25(11-10-20(17)24-19)21(26)9-7-14-4-2-3-5-18(14)23/h2-6,8,12,24H,7,9-11,13H2,1H3. The summed E-state index contributed by atoms with van der Waals surface area (Å²) in [6.07, 6.45) is 1.98. The summed E-state index contributed by atoms with van der Waals surface area (Å²) < 4.78 is 5.87. The third-order valence-electron chi connectivity index (χ3n) is 5.32. The van der Waals surface area contributed by atoms with Crippen LogP contribution in [0.2, 0.25) is 0 Å². The van der Waals surface area contributed by atoms with E-state index in [9.17, 15) is 9.59 Å². The van der Waals surface area contributed by atoms with E-state index in [2.05, 4.69) is 20.9 Å². The van der Waals surface area contributed by atoms with Crippen molar-refractivity contribution < 1.29 is 14.3 Å². The Kier molecular flexibility index (Phi) is 5.22. The Morgan fingerprint density at radius 1 is 1.21 bits per heavy atom. The molecule has 2 aromatic carbocycles. The first-order valence-electron chi connectivity index (χ1n) is 9.30. The molecule has 0 spiro atoms. The fraction of sp³-hybridized carbons (Fsp3) is 0.273. The van der Waals surface area contributed by atoms with Crippen LogP contribution in [0.15, 0.2) is 46.9 Å². The van der Waals surface area contributed by atoms with Crippen LogP contribution < -0.4 is 0 Å². The molecule has 1 amide bonds. The van der Waals surface area contributed by atoms with Crippen molar-refractivity contribution in [2.75, 3.05) is 13.7 Å². The maximum absolute atomic E-state index is 12.8. The number of nitrogens with one attached hydrogen (secondary N) is 1. The molecule has 144 valence electrons. The van der Waals surface area contributed by atoms with Gasteiger partial charge in [0.1, 0.15) is 0 Å². The zero-order valence-electron chi connectivity index (χ0n) is 15.6. The zero-order chi connectivity index (χ0) is 19.7. The van der Waals surface area contributed by atoms with E-state index in [0.717, 1.165) is 38.6 Å². The number of aryl methyl sites for hydroxylation is 1. The zero-order valence-corrected chi connectivity index (χ0v) is 17.2. The molecule has 0 fully saturated rings. The summed E-state index contributed by atoms with van der Waals surface area (Å²) in [5.74, 6) is -0.200. The van der Waals surface area contributed by atoms with Gasteiger partial charge in [0.2, 0.25) is 5.91 Å². The van der Waals surface area contributed by atoms with Crippen molar-refractivity contribution in [3.05, 3.63) is 69.3 Å². The Balaban J connectivity index is 1.52. The number of aromatic amines is 1. The number of aromatic nitrogens is 1. The number of rotatable bonds is 4. The number of benzene rings is 2. The minimum atomic E-state index is -0.353. The molecule has 0 bridgehead atoms. The molecular formula is C22H21BrN2O3. The first-order valence-corrected chi connectivity index (χ1v) is 10.1. The van der Waals surface area contributed by atoms with E-state index >= 15 is 0 Å². The lowest BCUT2D eigenvalue weighted by atomic mass is 10.0. The van der Waals surface area contributed by atoms with Crippen LogP contribution in [0.3, 0.4) is 0 Å². The molecule has 0 saturated carbocycles. The summed E-state index contributed by atoms with van der Waals surface area (Å²) in [4.78, 5) is 30.0. The van der Waals surface area contributed by atoms with Crippen LogP contribution in [-0.2, 0) is 28.9 Å². The molecule has 0 atom stereocenters. The number of hydrogen-bond donors (Lipinski definition) is 1. The lowest BCUT2D eigenvalue weighted by Gasteiger charge is -2.27. The number of esters is 1. The number of methoxy groups -OCH3 is 1. The SMILES string of the molecule is COC(=O)c1ccc2[nH]c3c(c2c1)CN(C(=O)CCc1ccccc1Br)CC3. The molecule has 0 saturated heterocycles. The van der Waals surface area contributed by atoms with Crippen molar-refractivity contribution in [2.24, 2.45) is 0 Å². The van der Waals surface area contributed by atoms with Gasteiger partial charge < -0.3 is 14.6 Å². The highest BCUT2D eigenvalue weighted by molar-refractivity contribution is 9.10. The second-order valence-corrected chi connectivity index (χ2v) is 7.85. The molecule has 0 unspecified atom stereocenters. The molecule has 1 aliphatic rings. The van der Waals surface area contributed by atoms with Crippen molar-refractivity contribution in [3.8, 4) is 0 Å². The molecule has 1 aromatic heterocycles. The van der Waals surface area contributed by atoms with E-state index in [1.807, 2.05) is 41.3 Å². The van der Waals surface area contributed by atoms with Gasteiger partial charge in [0.05, 0.1) is 12.7 Å². The van der Waals surface area contributed by atoms with Gasteiger partial charge in [-0.05, 0) is 36.2 Å². The number of fused-ring (bicyclic) bond motifs is 3. The lowest BCUT2D eigenvalue weighted by molar-refractivity contribution is -0.132. The fourth-order valence-electron chi connectivity index (χ4n) is 3.77. The largest absolute Gasteiger partial charge is 0.465 e. The van der Waals surface area contributed by atoms with Crippen molar-refractivity contribution >= 4 is 38.7 Å². The molecule has 3 aromatic rings. The fourth-order valence-corrected chi connectivity index (χ4v) is 4.26. The summed E-state index contributed by atoms with van der Waals surface area (Å²) in [6.45, 7) is 1.27. The van der Waals surface area contributed by atoms with Crippen LogP contribution in [0.5, 0.6) is 0 Å². The minimum Gasteiger partial charge on any atom is -0.465 e. The van der Waals surface area contributed by atoms with Crippen LogP contribution >= 0.6 is 15.9 Å². The number of carbonyl (C=O) groups is 2. The van der Waals surface area contributed by atoms with E-state index in [1.54, 1.807) is 6.07 Å². The highest BCUT2D eigenvalue weighted by Gasteiger charge is 2.24. The van der Waals surface area contributed by atoms with Gasteiger partial charge in [0.25, 0.3) is 0 Å². The molecule has 5 nitrogen and oxygen atoms in total. The van der Waals surface area contributed by atoms with Crippen LogP contribution in [0, 0.1) is 0 Å². The quantitative estimate of drug-likeness (QED) is 0.617. The number of hydrogen-bond acceptors (Lipinski definition) is 3. The van der Waals surface area contributed by atoms with Crippen LogP contribution in [0.4, 0.5) is 0 Å². The van der Waals surface area contributed by atoms with E-state index in [-0.39, 0.29) is 11.9 Å². The highest BCUT2D eigenvalue weighted by atomic mass is 79.9. The van der Waals surface area contributed by atoms with E-state index in [1.165, 1.54) is 7.11 Å². The molecule has 6 heteroatoms. The number of amides is 1. The second-order valence-electron chi connectivity index (χ2n) is 6.99.